The summed E-state index contributed by atoms with van der Waals surface area (Å²) in [6.45, 7) is 0.576. The van der Waals surface area contributed by atoms with Gasteiger partial charge in [-0.15, -0.1) is 0 Å². The largest absolute Gasteiger partial charge is 0.417 e. The van der Waals surface area contributed by atoms with Gasteiger partial charge in [-0.1, -0.05) is 0 Å². The number of hydrogen-bond acceptors (Lipinski definition) is 3. The maximum atomic E-state index is 10.9. The predicted octanol–water partition coefficient (Wildman–Crippen LogP) is 1.38. The molecular formula is C9H9BrN2O2. The second kappa shape index (κ2) is 3.59. The first-order valence-electron chi connectivity index (χ1n) is 4.22. The van der Waals surface area contributed by atoms with E-state index in [0.717, 1.165) is 16.5 Å². The fraction of sp³-hybridized carbons (Fsp3) is 0.222. The van der Waals surface area contributed by atoms with Crippen molar-refractivity contribution in [2.45, 2.75) is 6.42 Å². The molecule has 0 aliphatic heterocycles. The van der Waals surface area contributed by atoms with Crippen LogP contribution in [-0.2, 0) is 6.42 Å². The molecule has 0 saturated heterocycles. The molecule has 0 aliphatic carbocycles. The van der Waals surface area contributed by atoms with Crippen LogP contribution in [0.1, 0.15) is 5.56 Å². The van der Waals surface area contributed by atoms with E-state index in [2.05, 4.69) is 20.9 Å². The molecule has 14 heavy (non-hydrogen) atoms. The third-order valence-electron chi connectivity index (χ3n) is 1.98. The summed E-state index contributed by atoms with van der Waals surface area (Å²) < 4.78 is 5.78. The molecule has 1 aromatic carbocycles. The molecule has 0 atom stereocenters. The topological polar surface area (TPSA) is 72.0 Å². The normalized spacial score (nSPS) is 11.0. The van der Waals surface area contributed by atoms with Crippen molar-refractivity contribution < 1.29 is 4.42 Å². The van der Waals surface area contributed by atoms with Gasteiger partial charge in [0.25, 0.3) is 0 Å². The van der Waals surface area contributed by atoms with Crippen LogP contribution >= 0.6 is 15.9 Å². The first-order chi connectivity index (χ1) is 6.70. The Balaban J connectivity index is 2.65. The molecule has 0 radical (unpaired) electrons. The van der Waals surface area contributed by atoms with Crippen molar-refractivity contribution in [3.63, 3.8) is 0 Å². The second-order valence-corrected chi connectivity index (χ2v) is 3.86. The molecule has 1 aromatic heterocycles. The molecule has 2 aromatic rings. The summed E-state index contributed by atoms with van der Waals surface area (Å²) in [7, 11) is 0. The number of nitrogens with one attached hydrogen (secondary N) is 1. The molecule has 0 unspecified atom stereocenters. The van der Waals surface area contributed by atoms with Gasteiger partial charge in [-0.3, -0.25) is 4.98 Å². The number of benzene rings is 1. The van der Waals surface area contributed by atoms with Crippen LogP contribution < -0.4 is 11.5 Å². The summed E-state index contributed by atoms with van der Waals surface area (Å²) in [5, 5.41) is 0. The maximum Gasteiger partial charge on any atom is 0.417 e. The molecular weight excluding hydrogens is 248 g/mol. The molecule has 74 valence electrons. The molecule has 1 heterocycles. The van der Waals surface area contributed by atoms with E-state index in [9.17, 15) is 4.79 Å². The van der Waals surface area contributed by atoms with Gasteiger partial charge in [-0.25, -0.2) is 4.79 Å². The lowest BCUT2D eigenvalue weighted by Gasteiger charge is -1.99. The van der Waals surface area contributed by atoms with E-state index in [-0.39, 0.29) is 0 Å². The quantitative estimate of drug-likeness (QED) is 0.853. The Hall–Kier alpha value is -1.07. The van der Waals surface area contributed by atoms with Crippen LogP contribution in [0.3, 0.4) is 0 Å². The Morgan fingerprint density at radius 1 is 1.50 bits per heavy atom. The standard InChI is InChI=1S/C9H9BrN2O2/c10-6-3-5(1-2-11)4-7-8(6)12-9(13)14-7/h3-4H,1-2,11H2,(H,12,13). The second-order valence-electron chi connectivity index (χ2n) is 3.00. The molecule has 2 rings (SSSR count). The van der Waals surface area contributed by atoms with Crippen molar-refractivity contribution in [1.82, 2.24) is 4.98 Å². The van der Waals surface area contributed by atoms with Crippen LogP contribution in [0.2, 0.25) is 0 Å². The number of halogens is 1. The Bertz CT molecular complexity index is 515. The van der Waals surface area contributed by atoms with E-state index in [0.29, 0.717) is 17.6 Å². The number of fused-ring (bicyclic) bond motifs is 1. The van der Waals surface area contributed by atoms with Crippen LogP contribution in [0, 0.1) is 0 Å². The highest BCUT2D eigenvalue weighted by Gasteiger charge is 2.06. The number of rotatable bonds is 2. The fourth-order valence-corrected chi connectivity index (χ4v) is 1.96. The summed E-state index contributed by atoms with van der Waals surface area (Å²) in [5.74, 6) is -0.439. The zero-order valence-electron chi connectivity index (χ0n) is 7.34. The summed E-state index contributed by atoms with van der Waals surface area (Å²) in [4.78, 5) is 13.5. The molecule has 0 fully saturated rings. The van der Waals surface area contributed by atoms with Crippen LogP contribution in [-0.4, -0.2) is 11.5 Å². The highest BCUT2D eigenvalue weighted by molar-refractivity contribution is 9.10. The molecule has 3 N–H and O–H groups in total. The predicted molar refractivity (Wildman–Crippen MR) is 57.3 cm³/mol. The van der Waals surface area contributed by atoms with Crippen LogP contribution in [0.4, 0.5) is 0 Å². The monoisotopic (exact) mass is 256 g/mol. The third-order valence-corrected chi connectivity index (χ3v) is 2.60. The number of hydrogen-bond donors (Lipinski definition) is 2. The van der Waals surface area contributed by atoms with Gasteiger partial charge in [0, 0.05) is 4.47 Å². The smallest absolute Gasteiger partial charge is 0.408 e. The Morgan fingerprint density at radius 3 is 3.00 bits per heavy atom. The van der Waals surface area contributed by atoms with E-state index >= 15 is 0 Å². The van der Waals surface area contributed by atoms with Gasteiger partial charge in [0.15, 0.2) is 5.58 Å². The van der Waals surface area contributed by atoms with Crippen molar-refractivity contribution >= 4 is 27.0 Å². The van der Waals surface area contributed by atoms with Crippen molar-refractivity contribution in [2.24, 2.45) is 5.73 Å². The zero-order valence-corrected chi connectivity index (χ0v) is 8.93. The van der Waals surface area contributed by atoms with Crippen molar-refractivity contribution in [3.8, 4) is 0 Å². The van der Waals surface area contributed by atoms with Gasteiger partial charge in [0.1, 0.15) is 5.52 Å². The van der Waals surface area contributed by atoms with Crippen molar-refractivity contribution in [3.05, 3.63) is 32.7 Å². The summed E-state index contributed by atoms with van der Waals surface area (Å²) in [6, 6.07) is 3.76. The van der Waals surface area contributed by atoms with E-state index < -0.39 is 5.76 Å². The molecule has 0 bridgehead atoms. The lowest BCUT2D eigenvalue weighted by Crippen LogP contribution is -2.02. The van der Waals surface area contributed by atoms with E-state index in [1.807, 2.05) is 12.1 Å². The molecule has 5 heteroatoms. The summed E-state index contributed by atoms with van der Waals surface area (Å²) >= 11 is 3.36. The number of oxazole rings is 1. The zero-order chi connectivity index (χ0) is 10.1. The van der Waals surface area contributed by atoms with E-state index in [4.69, 9.17) is 10.2 Å². The van der Waals surface area contributed by atoms with Gasteiger partial charge in [0.05, 0.1) is 0 Å². The number of nitrogens with two attached hydrogens (primary N) is 1. The maximum absolute atomic E-state index is 10.9. The third kappa shape index (κ3) is 1.60. The molecule has 0 spiro atoms. The lowest BCUT2D eigenvalue weighted by molar-refractivity contribution is 0.555. The minimum atomic E-state index is -0.439. The van der Waals surface area contributed by atoms with Crippen molar-refractivity contribution in [2.75, 3.05) is 6.54 Å². The Kier molecular flexibility index (Phi) is 2.43. The SMILES string of the molecule is NCCc1cc(Br)c2[nH]c(=O)oc2c1. The van der Waals surface area contributed by atoms with Gasteiger partial charge >= 0.3 is 5.76 Å². The molecule has 0 aliphatic rings. The average molecular weight is 257 g/mol. The number of aromatic nitrogens is 1. The fourth-order valence-electron chi connectivity index (χ4n) is 1.38. The minimum Gasteiger partial charge on any atom is -0.408 e. The number of H-pyrrole nitrogens is 1. The Morgan fingerprint density at radius 2 is 2.29 bits per heavy atom. The van der Waals surface area contributed by atoms with Crippen LogP contribution in [0.25, 0.3) is 11.1 Å². The van der Waals surface area contributed by atoms with Gasteiger partial charge in [0.2, 0.25) is 0 Å². The summed E-state index contributed by atoms with van der Waals surface area (Å²) in [5.41, 5.74) is 7.75. The lowest BCUT2D eigenvalue weighted by atomic mass is 10.1. The highest BCUT2D eigenvalue weighted by atomic mass is 79.9. The van der Waals surface area contributed by atoms with E-state index in [1.165, 1.54) is 0 Å². The highest BCUT2D eigenvalue weighted by Crippen LogP contribution is 2.23. The van der Waals surface area contributed by atoms with Crippen molar-refractivity contribution in [1.29, 1.82) is 0 Å². The first kappa shape index (κ1) is 9.48. The summed E-state index contributed by atoms with van der Waals surface area (Å²) in [6.07, 6.45) is 0.767. The van der Waals surface area contributed by atoms with Crippen LogP contribution in [0.5, 0.6) is 0 Å². The van der Waals surface area contributed by atoms with Crippen LogP contribution in [0.15, 0.2) is 25.8 Å². The Labute approximate surface area is 88.2 Å². The molecule has 4 nitrogen and oxygen atoms in total. The molecule has 0 saturated carbocycles. The molecule has 0 amide bonds. The average Bonchev–Trinajstić information content (AvgIpc) is 2.47. The van der Waals surface area contributed by atoms with Gasteiger partial charge in [-0.2, -0.15) is 0 Å². The first-order valence-corrected chi connectivity index (χ1v) is 5.01. The van der Waals surface area contributed by atoms with E-state index in [1.54, 1.807) is 0 Å². The minimum absolute atomic E-state index is 0.439. The van der Waals surface area contributed by atoms with Gasteiger partial charge < -0.3 is 10.2 Å². The number of aromatic amines is 1. The van der Waals surface area contributed by atoms with Gasteiger partial charge in [-0.05, 0) is 46.6 Å².